The van der Waals surface area contributed by atoms with Crippen LogP contribution in [-0.4, -0.2) is 34.1 Å². The number of imide groups is 1. The van der Waals surface area contributed by atoms with Crippen LogP contribution >= 0.6 is 0 Å². The lowest BCUT2D eigenvalue weighted by molar-refractivity contribution is -0.197. The molecule has 5 rings (SSSR count). The minimum Gasteiger partial charge on any atom is -0.393 e. The summed E-state index contributed by atoms with van der Waals surface area (Å²) in [7, 11) is 0. The van der Waals surface area contributed by atoms with Gasteiger partial charge in [-0.15, -0.1) is 5.06 Å². The Bertz CT molecular complexity index is 827. The van der Waals surface area contributed by atoms with E-state index < -0.39 is 17.8 Å². The molecule has 0 aromatic carbocycles. The van der Waals surface area contributed by atoms with E-state index in [2.05, 4.69) is 20.8 Å². The number of carbonyl (C=O) groups is 3. The Hall–Kier alpha value is -1.43. The minimum absolute atomic E-state index is 0.0893. The van der Waals surface area contributed by atoms with Crippen LogP contribution in [0.1, 0.15) is 104 Å². The van der Waals surface area contributed by atoms with Crippen molar-refractivity contribution >= 4 is 17.8 Å². The number of aliphatic hydroxyl groups excluding tert-OH is 1. The molecular formula is C28H43NO5. The number of hydroxylamine groups is 2. The maximum atomic E-state index is 12.4. The van der Waals surface area contributed by atoms with Crippen LogP contribution in [0.3, 0.4) is 0 Å². The Balaban J connectivity index is 1.21. The fourth-order valence-electron chi connectivity index (χ4n) is 9.56. The molecular weight excluding hydrogens is 430 g/mol. The first-order valence-electron chi connectivity index (χ1n) is 13.9. The van der Waals surface area contributed by atoms with Gasteiger partial charge in [0, 0.05) is 19.3 Å². The second kappa shape index (κ2) is 8.90. The topological polar surface area (TPSA) is 83.9 Å². The SMILES string of the molecule is CC(CCC(=O)ON1C(=O)CCC1=O)C1CCC2C3CCC4CC(O)CCC4(C)C3CCC12C. The van der Waals surface area contributed by atoms with Gasteiger partial charge in [0.15, 0.2) is 0 Å². The molecule has 4 aliphatic carbocycles. The van der Waals surface area contributed by atoms with Crippen molar-refractivity contribution < 1.29 is 24.3 Å². The van der Waals surface area contributed by atoms with Crippen molar-refractivity contribution in [3.8, 4) is 0 Å². The zero-order valence-electron chi connectivity index (χ0n) is 21.3. The van der Waals surface area contributed by atoms with Gasteiger partial charge in [-0.1, -0.05) is 20.8 Å². The third-order valence-corrected chi connectivity index (χ3v) is 11.4. The van der Waals surface area contributed by atoms with E-state index >= 15 is 0 Å². The highest BCUT2D eigenvalue weighted by atomic mass is 16.7. The molecule has 0 bridgehead atoms. The molecule has 1 heterocycles. The molecule has 0 aromatic rings. The van der Waals surface area contributed by atoms with Gasteiger partial charge < -0.3 is 9.94 Å². The first-order valence-corrected chi connectivity index (χ1v) is 13.9. The van der Waals surface area contributed by atoms with Gasteiger partial charge in [0.2, 0.25) is 0 Å². The number of hydrogen-bond acceptors (Lipinski definition) is 5. The third kappa shape index (κ3) is 3.92. The second-order valence-electron chi connectivity index (χ2n) is 12.9. The van der Waals surface area contributed by atoms with E-state index in [-0.39, 0.29) is 25.4 Å². The van der Waals surface area contributed by atoms with Crippen LogP contribution < -0.4 is 0 Å². The van der Waals surface area contributed by atoms with Gasteiger partial charge in [-0.05, 0) is 111 Å². The highest BCUT2D eigenvalue weighted by molar-refractivity contribution is 6.01. The Morgan fingerprint density at radius 3 is 2.41 bits per heavy atom. The molecule has 5 aliphatic rings. The summed E-state index contributed by atoms with van der Waals surface area (Å²) in [4.78, 5) is 40.9. The number of fused-ring (bicyclic) bond motifs is 5. The Morgan fingerprint density at radius 1 is 1.00 bits per heavy atom. The molecule has 6 nitrogen and oxygen atoms in total. The Kier molecular flexibility index (Phi) is 6.35. The maximum Gasteiger partial charge on any atom is 0.333 e. The van der Waals surface area contributed by atoms with Crippen LogP contribution in [0.25, 0.3) is 0 Å². The maximum absolute atomic E-state index is 12.4. The van der Waals surface area contributed by atoms with E-state index in [0.29, 0.717) is 33.6 Å². The van der Waals surface area contributed by atoms with E-state index in [1.54, 1.807) is 0 Å². The summed E-state index contributed by atoms with van der Waals surface area (Å²) in [5.41, 5.74) is 0.740. The number of carbonyl (C=O) groups excluding carboxylic acids is 3. The Morgan fingerprint density at radius 2 is 1.68 bits per heavy atom. The number of hydrogen-bond donors (Lipinski definition) is 1. The summed E-state index contributed by atoms with van der Waals surface area (Å²) in [6.07, 6.45) is 12.1. The number of nitrogens with zero attached hydrogens (tertiary/aromatic N) is 1. The summed E-state index contributed by atoms with van der Waals surface area (Å²) in [5, 5.41) is 10.9. The lowest BCUT2D eigenvalue weighted by Gasteiger charge is -2.61. The van der Waals surface area contributed by atoms with Gasteiger partial charge in [0.1, 0.15) is 0 Å². The smallest absolute Gasteiger partial charge is 0.333 e. The average molecular weight is 474 g/mol. The molecule has 0 radical (unpaired) electrons. The third-order valence-electron chi connectivity index (χ3n) is 11.4. The number of amides is 2. The van der Waals surface area contributed by atoms with Crippen molar-refractivity contribution in [2.24, 2.45) is 46.3 Å². The number of aliphatic hydroxyl groups is 1. The summed E-state index contributed by atoms with van der Waals surface area (Å²) in [5.74, 6) is 2.82. The molecule has 9 atom stereocenters. The van der Waals surface area contributed by atoms with E-state index in [4.69, 9.17) is 4.84 Å². The first-order chi connectivity index (χ1) is 16.1. The van der Waals surface area contributed by atoms with Crippen molar-refractivity contribution in [3.05, 3.63) is 0 Å². The van der Waals surface area contributed by atoms with Gasteiger partial charge in [-0.25, -0.2) is 4.79 Å². The quantitative estimate of drug-likeness (QED) is 0.566. The van der Waals surface area contributed by atoms with Crippen molar-refractivity contribution in [1.29, 1.82) is 0 Å². The van der Waals surface area contributed by atoms with Crippen LogP contribution in [-0.2, 0) is 19.2 Å². The molecule has 9 unspecified atom stereocenters. The summed E-state index contributed by atoms with van der Waals surface area (Å²) in [6, 6.07) is 0. The van der Waals surface area contributed by atoms with E-state index in [9.17, 15) is 19.5 Å². The standard InChI is InChI=1S/C28H43NO5/c1-17(4-11-26(33)34-29-24(31)9-10-25(29)32)21-7-8-22-20-6-5-18-16-19(30)12-14-27(18,2)23(20)13-15-28(21,22)3/h17-23,30H,4-16H2,1-3H3. The summed E-state index contributed by atoms with van der Waals surface area (Å²) < 4.78 is 0. The van der Waals surface area contributed by atoms with Gasteiger partial charge in [0.05, 0.1) is 6.10 Å². The van der Waals surface area contributed by atoms with Crippen molar-refractivity contribution in [2.45, 2.75) is 110 Å². The lowest BCUT2D eigenvalue weighted by Crippen LogP contribution is -2.54. The fraction of sp³-hybridized carbons (Fsp3) is 0.893. The summed E-state index contributed by atoms with van der Waals surface area (Å²) >= 11 is 0. The second-order valence-corrected chi connectivity index (χ2v) is 12.9. The molecule has 34 heavy (non-hydrogen) atoms. The molecule has 0 spiro atoms. The molecule has 4 saturated carbocycles. The molecule has 2 amide bonds. The van der Waals surface area contributed by atoms with E-state index in [0.717, 1.165) is 37.0 Å². The molecule has 6 heteroatoms. The van der Waals surface area contributed by atoms with Gasteiger partial charge >= 0.3 is 5.97 Å². The van der Waals surface area contributed by atoms with Crippen LogP contribution in [0.2, 0.25) is 0 Å². The predicted octanol–water partition coefficient (Wildman–Crippen LogP) is 5.03. The van der Waals surface area contributed by atoms with Gasteiger partial charge in [-0.3, -0.25) is 9.59 Å². The highest BCUT2D eigenvalue weighted by Gasteiger charge is 2.60. The normalized spacial score (nSPS) is 44.9. The zero-order valence-corrected chi connectivity index (χ0v) is 21.3. The van der Waals surface area contributed by atoms with Crippen LogP contribution in [0.4, 0.5) is 0 Å². The number of rotatable bonds is 5. The molecule has 190 valence electrons. The molecule has 5 fully saturated rings. The van der Waals surface area contributed by atoms with Crippen molar-refractivity contribution in [2.75, 3.05) is 0 Å². The van der Waals surface area contributed by atoms with Gasteiger partial charge in [-0.2, -0.15) is 0 Å². The highest BCUT2D eigenvalue weighted by Crippen LogP contribution is 2.68. The molecule has 1 N–H and O–H groups in total. The van der Waals surface area contributed by atoms with E-state index in [1.807, 2.05) is 0 Å². The van der Waals surface area contributed by atoms with Crippen LogP contribution in [0.5, 0.6) is 0 Å². The zero-order chi connectivity index (χ0) is 24.3. The van der Waals surface area contributed by atoms with E-state index in [1.165, 1.54) is 44.9 Å². The molecule has 1 saturated heterocycles. The van der Waals surface area contributed by atoms with Crippen molar-refractivity contribution in [3.63, 3.8) is 0 Å². The fourth-order valence-corrected chi connectivity index (χ4v) is 9.56. The van der Waals surface area contributed by atoms with Gasteiger partial charge in [0.25, 0.3) is 11.8 Å². The first kappa shape index (κ1) is 24.3. The Labute approximate surface area is 204 Å². The van der Waals surface area contributed by atoms with Crippen molar-refractivity contribution in [1.82, 2.24) is 5.06 Å². The largest absolute Gasteiger partial charge is 0.393 e. The van der Waals surface area contributed by atoms with Crippen LogP contribution in [0, 0.1) is 46.3 Å². The summed E-state index contributed by atoms with van der Waals surface area (Å²) in [6.45, 7) is 7.35. The van der Waals surface area contributed by atoms with Crippen LogP contribution in [0.15, 0.2) is 0 Å². The predicted molar refractivity (Wildman–Crippen MR) is 127 cm³/mol. The molecule has 0 aromatic heterocycles. The average Bonchev–Trinajstić information content (AvgIpc) is 3.32. The minimum atomic E-state index is -0.468. The monoisotopic (exact) mass is 473 g/mol. The lowest BCUT2D eigenvalue weighted by atomic mass is 9.44. The molecule has 1 aliphatic heterocycles.